The van der Waals surface area contributed by atoms with Gasteiger partial charge in [-0.05, 0) is 43.3 Å². The third-order valence-electron chi connectivity index (χ3n) is 4.62. The minimum Gasteiger partial charge on any atom is -0.492 e. The molecule has 29 heavy (non-hydrogen) atoms. The van der Waals surface area contributed by atoms with Crippen LogP contribution in [0.3, 0.4) is 0 Å². The second kappa shape index (κ2) is 8.41. The second-order valence-electron chi connectivity index (χ2n) is 6.46. The molecule has 0 aromatic heterocycles. The number of halogens is 4. The summed E-state index contributed by atoms with van der Waals surface area (Å²) in [5.74, 6) is 0.405. The molecule has 0 unspecified atom stereocenters. The number of benzene rings is 2. The number of hydrogen-bond acceptors (Lipinski definition) is 4. The van der Waals surface area contributed by atoms with Crippen molar-refractivity contribution >= 4 is 27.3 Å². The van der Waals surface area contributed by atoms with E-state index < -0.39 is 21.8 Å². The lowest BCUT2D eigenvalue weighted by molar-refractivity contribution is -0.137. The molecule has 0 aliphatic carbocycles. The Hall–Kier alpha value is -1.97. The van der Waals surface area contributed by atoms with Crippen LogP contribution in [0.5, 0.6) is 5.75 Å². The highest BCUT2D eigenvalue weighted by atomic mass is 35.5. The second-order valence-corrected chi connectivity index (χ2v) is 8.81. The molecule has 1 saturated heterocycles. The average Bonchev–Trinajstić information content (AvgIpc) is 2.69. The van der Waals surface area contributed by atoms with Gasteiger partial charge in [0.2, 0.25) is 10.0 Å². The Bertz CT molecular complexity index is 975. The van der Waals surface area contributed by atoms with E-state index in [4.69, 9.17) is 16.3 Å². The van der Waals surface area contributed by atoms with Crippen molar-refractivity contribution in [2.45, 2.75) is 18.0 Å². The SMILES string of the molecule is CCOc1ccc(S(=O)(=O)N2CCN(c3cccc(C(F)(F)F)c3)CC2)cc1Cl. The number of alkyl halides is 3. The van der Waals surface area contributed by atoms with Crippen LogP contribution in [0.2, 0.25) is 5.02 Å². The number of anilines is 1. The molecule has 1 fully saturated rings. The standard InChI is InChI=1S/C19H20ClF3N2O3S/c1-2-28-18-7-6-16(13-17(18)20)29(26,27)25-10-8-24(9-11-25)15-5-3-4-14(12-15)19(21,22)23/h3-7,12-13H,2,8-11H2,1H3. The quantitative estimate of drug-likeness (QED) is 0.685. The van der Waals surface area contributed by atoms with Gasteiger partial charge in [-0.2, -0.15) is 17.5 Å². The first-order valence-corrected chi connectivity index (χ1v) is 10.8. The van der Waals surface area contributed by atoms with Crippen molar-refractivity contribution in [2.75, 3.05) is 37.7 Å². The van der Waals surface area contributed by atoms with Crippen molar-refractivity contribution < 1.29 is 26.3 Å². The highest BCUT2D eigenvalue weighted by Gasteiger charge is 2.32. The number of piperazine rings is 1. The molecule has 10 heteroatoms. The summed E-state index contributed by atoms with van der Waals surface area (Å²) in [6, 6.07) is 9.33. The van der Waals surface area contributed by atoms with Crippen molar-refractivity contribution in [3.05, 3.63) is 53.1 Å². The van der Waals surface area contributed by atoms with Crippen molar-refractivity contribution in [2.24, 2.45) is 0 Å². The molecule has 1 heterocycles. The Labute approximate surface area is 172 Å². The monoisotopic (exact) mass is 448 g/mol. The van der Waals surface area contributed by atoms with Crippen molar-refractivity contribution in [3.8, 4) is 5.75 Å². The lowest BCUT2D eigenvalue weighted by Crippen LogP contribution is -2.48. The highest BCUT2D eigenvalue weighted by molar-refractivity contribution is 7.89. The van der Waals surface area contributed by atoms with E-state index in [9.17, 15) is 21.6 Å². The Kier molecular flexibility index (Phi) is 6.30. The molecular formula is C19H20ClF3N2O3S. The molecule has 158 valence electrons. The van der Waals surface area contributed by atoms with Crippen LogP contribution in [0, 0.1) is 0 Å². The number of ether oxygens (including phenoxy) is 1. The van der Waals surface area contributed by atoms with Gasteiger partial charge in [-0.15, -0.1) is 0 Å². The van der Waals surface area contributed by atoms with Gasteiger partial charge in [-0.3, -0.25) is 0 Å². The summed E-state index contributed by atoms with van der Waals surface area (Å²) in [4.78, 5) is 1.80. The zero-order chi connectivity index (χ0) is 21.2. The predicted molar refractivity (Wildman–Crippen MR) is 105 cm³/mol. The van der Waals surface area contributed by atoms with E-state index in [1.807, 2.05) is 0 Å². The first-order valence-electron chi connectivity index (χ1n) is 8.97. The summed E-state index contributed by atoms with van der Waals surface area (Å²) < 4.78 is 71.2. The molecule has 0 saturated carbocycles. The van der Waals surface area contributed by atoms with Gasteiger partial charge in [0.1, 0.15) is 5.75 Å². The molecule has 2 aromatic carbocycles. The molecule has 3 rings (SSSR count). The Morgan fingerprint density at radius 2 is 1.76 bits per heavy atom. The fraction of sp³-hybridized carbons (Fsp3) is 0.368. The first-order chi connectivity index (χ1) is 13.6. The van der Waals surface area contributed by atoms with Gasteiger partial charge in [-0.25, -0.2) is 8.42 Å². The lowest BCUT2D eigenvalue weighted by Gasteiger charge is -2.35. The molecule has 0 amide bonds. The van der Waals surface area contributed by atoms with Gasteiger partial charge in [-0.1, -0.05) is 17.7 Å². The third-order valence-corrected chi connectivity index (χ3v) is 6.81. The summed E-state index contributed by atoms with van der Waals surface area (Å²) in [6.45, 7) is 3.08. The molecule has 0 bridgehead atoms. The fourth-order valence-corrected chi connectivity index (χ4v) is 4.88. The minimum absolute atomic E-state index is 0.0541. The molecule has 0 spiro atoms. The van der Waals surface area contributed by atoms with E-state index in [1.54, 1.807) is 17.9 Å². The van der Waals surface area contributed by atoms with E-state index in [-0.39, 0.29) is 36.1 Å². The van der Waals surface area contributed by atoms with Crippen molar-refractivity contribution in [1.29, 1.82) is 0 Å². The van der Waals surface area contributed by atoms with E-state index in [2.05, 4.69) is 0 Å². The molecule has 5 nitrogen and oxygen atoms in total. The Balaban J connectivity index is 1.72. The largest absolute Gasteiger partial charge is 0.492 e. The van der Waals surface area contributed by atoms with Crippen LogP contribution in [-0.4, -0.2) is 45.5 Å². The Morgan fingerprint density at radius 1 is 1.07 bits per heavy atom. The van der Waals surface area contributed by atoms with Gasteiger partial charge < -0.3 is 9.64 Å². The predicted octanol–water partition coefficient (Wildman–Crippen LogP) is 4.27. The van der Waals surface area contributed by atoms with E-state index in [1.165, 1.54) is 28.6 Å². The molecule has 1 aliphatic heterocycles. The van der Waals surface area contributed by atoms with Crippen LogP contribution in [0.15, 0.2) is 47.4 Å². The summed E-state index contributed by atoms with van der Waals surface area (Å²) in [7, 11) is -3.77. The fourth-order valence-electron chi connectivity index (χ4n) is 3.13. The topological polar surface area (TPSA) is 49.9 Å². The van der Waals surface area contributed by atoms with Crippen LogP contribution in [-0.2, 0) is 16.2 Å². The molecule has 0 radical (unpaired) electrons. The maximum Gasteiger partial charge on any atom is 0.416 e. The number of nitrogens with zero attached hydrogens (tertiary/aromatic N) is 2. The number of rotatable bonds is 5. The number of hydrogen-bond donors (Lipinski definition) is 0. The average molecular weight is 449 g/mol. The van der Waals surface area contributed by atoms with E-state index in [0.717, 1.165) is 12.1 Å². The maximum atomic E-state index is 12.9. The van der Waals surface area contributed by atoms with Gasteiger partial charge in [0.05, 0.1) is 22.1 Å². The molecule has 2 aromatic rings. The van der Waals surface area contributed by atoms with Gasteiger partial charge in [0, 0.05) is 31.9 Å². The van der Waals surface area contributed by atoms with Crippen LogP contribution in [0.4, 0.5) is 18.9 Å². The minimum atomic E-state index is -4.42. The van der Waals surface area contributed by atoms with Crippen LogP contribution in [0.25, 0.3) is 0 Å². The zero-order valence-electron chi connectivity index (χ0n) is 15.6. The van der Waals surface area contributed by atoms with E-state index >= 15 is 0 Å². The molecule has 0 atom stereocenters. The van der Waals surface area contributed by atoms with Crippen molar-refractivity contribution in [3.63, 3.8) is 0 Å². The van der Waals surface area contributed by atoms with Gasteiger partial charge in [0.15, 0.2) is 0 Å². The van der Waals surface area contributed by atoms with Gasteiger partial charge >= 0.3 is 6.18 Å². The summed E-state index contributed by atoms with van der Waals surface area (Å²) >= 11 is 6.10. The maximum absolute atomic E-state index is 12.9. The lowest BCUT2D eigenvalue weighted by atomic mass is 10.1. The molecule has 1 aliphatic rings. The Morgan fingerprint density at radius 3 is 2.34 bits per heavy atom. The number of sulfonamides is 1. The van der Waals surface area contributed by atoms with Gasteiger partial charge in [0.25, 0.3) is 0 Å². The van der Waals surface area contributed by atoms with E-state index in [0.29, 0.717) is 18.0 Å². The van der Waals surface area contributed by atoms with Crippen LogP contribution in [0.1, 0.15) is 12.5 Å². The first kappa shape index (κ1) is 21.7. The smallest absolute Gasteiger partial charge is 0.416 e. The molecule has 0 N–H and O–H groups in total. The van der Waals surface area contributed by atoms with Crippen LogP contribution >= 0.6 is 11.6 Å². The van der Waals surface area contributed by atoms with Crippen LogP contribution < -0.4 is 9.64 Å². The summed E-state index contributed by atoms with van der Waals surface area (Å²) in [5.41, 5.74) is -0.310. The zero-order valence-corrected chi connectivity index (χ0v) is 17.2. The normalized spacial score (nSPS) is 16.1. The third kappa shape index (κ3) is 4.79. The summed E-state index contributed by atoms with van der Waals surface area (Å²) in [5, 5.41) is 0.204. The summed E-state index contributed by atoms with van der Waals surface area (Å²) in [6.07, 6.45) is -4.42. The highest BCUT2D eigenvalue weighted by Crippen LogP contribution is 2.33. The molecular weight excluding hydrogens is 429 g/mol. The van der Waals surface area contributed by atoms with Crippen molar-refractivity contribution in [1.82, 2.24) is 4.31 Å².